The van der Waals surface area contributed by atoms with Crippen LogP contribution >= 0.6 is 11.8 Å². The average Bonchev–Trinajstić information content (AvgIpc) is 3.05. The minimum Gasteiger partial charge on any atom is -0.508 e. The first kappa shape index (κ1) is 20.4. The fourth-order valence-corrected chi connectivity index (χ4v) is 3.87. The maximum Gasteiger partial charge on any atom is 0.285 e. The molecular formula is C24H19N3O3S. The highest BCUT2D eigenvalue weighted by atomic mass is 32.2. The number of hydrogen-bond donors (Lipinski definition) is 2. The first-order valence-corrected chi connectivity index (χ1v) is 10.4. The highest BCUT2D eigenvalue weighted by Crippen LogP contribution is 2.33. The first-order chi connectivity index (χ1) is 15.1. The topological polar surface area (TPSA) is 82.0 Å². The van der Waals surface area contributed by atoms with Crippen LogP contribution in [-0.4, -0.2) is 27.1 Å². The predicted octanol–water partition coefficient (Wildman–Crippen LogP) is 4.27. The summed E-state index contributed by atoms with van der Waals surface area (Å²) in [6, 6.07) is 25.1. The zero-order valence-corrected chi connectivity index (χ0v) is 17.3. The lowest BCUT2D eigenvalue weighted by molar-refractivity contribution is -0.132. The Morgan fingerprint density at radius 3 is 2.29 bits per heavy atom. The Morgan fingerprint density at radius 2 is 1.61 bits per heavy atom. The number of nitrogens with one attached hydrogen (secondary N) is 1. The minimum absolute atomic E-state index is 0.144. The van der Waals surface area contributed by atoms with Crippen molar-refractivity contribution in [1.82, 2.24) is 10.4 Å². The number of nitrogens with zero attached hydrogens (tertiary/aromatic N) is 2. The van der Waals surface area contributed by atoms with Crippen LogP contribution in [0, 0.1) is 0 Å². The van der Waals surface area contributed by atoms with Gasteiger partial charge in [0.15, 0.2) is 5.17 Å². The maximum absolute atomic E-state index is 13.1. The minimum atomic E-state index is -0.367. The number of rotatable bonds is 5. The maximum atomic E-state index is 13.1. The lowest BCUT2D eigenvalue weighted by Crippen LogP contribution is -2.46. The molecule has 0 aromatic heterocycles. The number of phenolic OH excluding ortho intramolecular Hbond substituents is 1. The van der Waals surface area contributed by atoms with E-state index in [1.165, 1.54) is 16.8 Å². The Labute approximate surface area is 183 Å². The van der Waals surface area contributed by atoms with Crippen LogP contribution in [0.3, 0.4) is 0 Å². The summed E-state index contributed by atoms with van der Waals surface area (Å²) >= 11 is 1.18. The second-order valence-corrected chi connectivity index (χ2v) is 7.78. The van der Waals surface area contributed by atoms with E-state index in [0.29, 0.717) is 15.8 Å². The van der Waals surface area contributed by atoms with Crippen molar-refractivity contribution in [1.29, 1.82) is 0 Å². The van der Waals surface area contributed by atoms with Crippen molar-refractivity contribution in [3.8, 4) is 5.75 Å². The number of hydrogen-bond acceptors (Lipinski definition) is 5. The van der Waals surface area contributed by atoms with Gasteiger partial charge in [0, 0.05) is 0 Å². The summed E-state index contributed by atoms with van der Waals surface area (Å²) in [5.74, 6) is -0.533. The highest BCUT2D eigenvalue weighted by Gasteiger charge is 2.35. The third-order valence-electron chi connectivity index (χ3n) is 4.42. The van der Waals surface area contributed by atoms with Crippen LogP contribution in [0.5, 0.6) is 5.75 Å². The van der Waals surface area contributed by atoms with Crippen molar-refractivity contribution < 1.29 is 14.7 Å². The van der Waals surface area contributed by atoms with Crippen molar-refractivity contribution in [2.75, 3.05) is 0 Å². The molecule has 1 heterocycles. The number of amides is 2. The third kappa shape index (κ3) is 5.21. The molecule has 4 rings (SSSR count). The van der Waals surface area contributed by atoms with Gasteiger partial charge in [-0.2, -0.15) is 5.01 Å². The summed E-state index contributed by atoms with van der Waals surface area (Å²) < 4.78 is 0. The zero-order valence-electron chi connectivity index (χ0n) is 16.4. The molecular weight excluding hydrogens is 410 g/mol. The molecule has 2 N–H and O–H groups in total. The van der Waals surface area contributed by atoms with E-state index in [1.807, 2.05) is 60.7 Å². The van der Waals surface area contributed by atoms with E-state index in [4.69, 9.17) is 0 Å². The zero-order chi connectivity index (χ0) is 21.6. The second kappa shape index (κ2) is 9.32. The molecule has 0 radical (unpaired) electrons. The molecule has 31 heavy (non-hydrogen) atoms. The molecule has 1 saturated heterocycles. The Morgan fingerprint density at radius 1 is 0.968 bits per heavy atom. The molecule has 1 aliphatic rings. The number of hydrazine groups is 1. The Hall–Kier alpha value is -3.84. The summed E-state index contributed by atoms with van der Waals surface area (Å²) in [6.45, 7) is 0. The monoisotopic (exact) mass is 429 g/mol. The van der Waals surface area contributed by atoms with Gasteiger partial charge >= 0.3 is 0 Å². The van der Waals surface area contributed by atoms with Crippen molar-refractivity contribution in [3.05, 3.63) is 101 Å². The Balaban J connectivity index is 1.60. The molecule has 0 bridgehead atoms. The van der Waals surface area contributed by atoms with Gasteiger partial charge in [-0.15, -0.1) is 0 Å². The quantitative estimate of drug-likeness (QED) is 0.594. The normalized spacial score (nSPS) is 16.1. The summed E-state index contributed by atoms with van der Waals surface area (Å²) in [7, 11) is 0. The number of aromatic hydroxyl groups is 1. The van der Waals surface area contributed by atoms with Gasteiger partial charge in [0.05, 0.1) is 17.0 Å². The van der Waals surface area contributed by atoms with Crippen molar-refractivity contribution in [2.45, 2.75) is 6.42 Å². The number of carbonyl (C=O) groups is 2. The van der Waals surface area contributed by atoms with Crippen LogP contribution in [0.4, 0.5) is 5.69 Å². The number of aliphatic imine (C=N–C) groups is 1. The summed E-state index contributed by atoms with van der Waals surface area (Å²) in [6.07, 6.45) is 1.85. The van der Waals surface area contributed by atoms with Crippen LogP contribution in [0.15, 0.2) is 94.8 Å². The van der Waals surface area contributed by atoms with Gasteiger partial charge in [-0.25, -0.2) is 4.99 Å². The van der Waals surface area contributed by atoms with Crippen LogP contribution in [-0.2, 0) is 16.0 Å². The summed E-state index contributed by atoms with van der Waals surface area (Å²) in [5.41, 5.74) is 4.96. The molecule has 6 nitrogen and oxygen atoms in total. The smallest absolute Gasteiger partial charge is 0.285 e. The van der Waals surface area contributed by atoms with E-state index >= 15 is 0 Å². The van der Waals surface area contributed by atoms with Gasteiger partial charge in [0.2, 0.25) is 5.91 Å². The van der Waals surface area contributed by atoms with Crippen molar-refractivity contribution >= 4 is 40.5 Å². The number of para-hydroxylation sites is 1. The second-order valence-electron chi connectivity index (χ2n) is 6.77. The van der Waals surface area contributed by atoms with E-state index in [0.717, 1.165) is 11.1 Å². The molecule has 3 aromatic rings. The third-order valence-corrected chi connectivity index (χ3v) is 5.39. The van der Waals surface area contributed by atoms with Gasteiger partial charge in [-0.3, -0.25) is 15.0 Å². The fraction of sp³-hybridized carbons (Fsp3) is 0.0417. The Bertz CT molecular complexity index is 1140. The van der Waals surface area contributed by atoms with Crippen molar-refractivity contribution in [3.63, 3.8) is 0 Å². The van der Waals surface area contributed by atoms with Crippen LogP contribution in [0.25, 0.3) is 6.08 Å². The van der Waals surface area contributed by atoms with E-state index < -0.39 is 0 Å². The van der Waals surface area contributed by atoms with Gasteiger partial charge in [-0.05, 0) is 53.2 Å². The molecule has 1 fully saturated rings. The van der Waals surface area contributed by atoms with Gasteiger partial charge in [0.1, 0.15) is 5.75 Å². The number of carbonyl (C=O) groups excluding carboxylic acids is 2. The largest absolute Gasteiger partial charge is 0.508 e. The number of amidine groups is 1. The molecule has 0 unspecified atom stereocenters. The standard InChI is InChI=1S/C24H19N3O3S/c28-20-13-11-18(12-14-20)15-21-23(30)27(24(31-21)25-19-9-5-2-6-10-19)26-22(29)16-17-7-3-1-4-8-17/h1-15,28H,16H2,(H,26,29). The SMILES string of the molecule is O=C(Cc1ccccc1)NN1C(=O)C(=Cc2ccc(O)cc2)SC1=Nc1ccccc1. The molecule has 3 aromatic carbocycles. The van der Waals surface area contributed by atoms with Gasteiger partial charge in [0.25, 0.3) is 5.91 Å². The van der Waals surface area contributed by atoms with E-state index in [2.05, 4.69) is 10.4 Å². The van der Waals surface area contributed by atoms with Crippen molar-refractivity contribution in [2.24, 2.45) is 4.99 Å². The predicted molar refractivity (Wildman–Crippen MR) is 122 cm³/mol. The Kier molecular flexibility index (Phi) is 6.14. The van der Waals surface area contributed by atoms with E-state index in [1.54, 1.807) is 30.3 Å². The molecule has 2 amide bonds. The van der Waals surface area contributed by atoms with Gasteiger partial charge in [-0.1, -0.05) is 60.7 Å². The van der Waals surface area contributed by atoms with Gasteiger partial charge < -0.3 is 5.11 Å². The molecule has 1 aliphatic heterocycles. The van der Waals surface area contributed by atoms with E-state index in [9.17, 15) is 14.7 Å². The molecule has 0 spiro atoms. The average molecular weight is 430 g/mol. The summed E-state index contributed by atoms with van der Waals surface area (Å²) in [5, 5.41) is 11.0. The molecule has 0 aliphatic carbocycles. The lowest BCUT2D eigenvalue weighted by Gasteiger charge is -2.16. The van der Waals surface area contributed by atoms with Crippen LogP contribution in [0.2, 0.25) is 0 Å². The molecule has 0 saturated carbocycles. The lowest BCUT2D eigenvalue weighted by atomic mass is 10.1. The first-order valence-electron chi connectivity index (χ1n) is 9.59. The van der Waals surface area contributed by atoms with Crippen LogP contribution < -0.4 is 5.43 Å². The number of thioether (sulfide) groups is 1. The van der Waals surface area contributed by atoms with E-state index in [-0.39, 0.29) is 24.0 Å². The highest BCUT2D eigenvalue weighted by molar-refractivity contribution is 8.18. The fourth-order valence-electron chi connectivity index (χ4n) is 2.93. The number of benzene rings is 3. The molecule has 0 atom stereocenters. The molecule has 7 heteroatoms. The number of phenols is 1. The van der Waals surface area contributed by atoms with Crippen LogP contribution in [0.1, 0.15) is 11.1 Å². The summed E-state index contributed by atoms with van der Waals surface area (Å²) in [4.78, 5) is 30.6. The molecule has 154 valence electrons.